The molecule has 0 saturated carbocycles. The smallest absolute Gasteiger partial charge is 0.136 e. The Bertz CT molecular complexity index is 294. The van der Waals surface area contributed by atoms with Gasteiger partial charge in [0.15, 0.2) is 0 Å². The molecule has 14 heavy (non-hydrogen) atoms. The molecule has 4 heteroatoms. The molecule has 2 N–H and O–H groups in total. The van der Waals surface area contributed by atoms with Crippen LogP contribution in [-0.4, -0.2) is 23.1 Å². The summed E-state index contributed by atoms with van der Waals surface area (Å²) in [7, 11) is 0. The second-order valence-corrected chi connectivity index (χ2v) is 3.14. The van der Waals surface area contributed by atoms with Crippen LogP contribution in [0.1, 0.15) is 25.2 Å². The number of nitrogens with zero attached hydrogens (tertiary/aromatic N) is 3. The largest absolute Gasteiger partial charge is 0.357 e. The van der Waals surface area contributed by atoms with Crippen LogP contribution in [0, 0.1) is 6.92 Å². The van der Waals surface area contributed by atoms with Gasteiger partial charge in [-0.25, -0.2) is 9.97 Å². The van der Waals surface area contributed by atoms with Gasteiger partial charge in [-0.3, -0.25) is 0 Å². The molecule has 0 fully saturated rings. The number of hydrogen-bond acceptors (Lipinski definition) is 4. The van der Waals surface area contributed by atoms with E-state index in [0.717, 1.165) is 30.3 Å². The minimum Gasteiger partial charge on any atom is -0.357 e. The number of aryl methyl sites for hydroxylation is 1. The summed E-state index contributed by atoms with van der Waals surface area (Å²) in [5.74, 6) is 1.77. The van der Waals surface area contributed by atoms with E-state index in [1.165, 1.54) is 0 Å². The van der Waals surface area contributed by atoms with Gasteiger partial charge in [0.1, 0.15) is 11.6 Å². The van der Waals surface area contributed by atoms with Gasteiger partial charge in [-0.05, 0) is 20.8 Å². The predicted molar refractivity (Wildman–Crippen MR) is 58.2 cm³/mol. The van der Waals surface area contributed by atoms with Crippen molar-refractivity contribution in [3.63, 3.8) is 0 Å². The van der Waals surface area contributed by atoms with E-state index >= 15 is 0 Å². The summed E-state index contributed by atoms with van der Waals surface area (Å²) in [4.78, 5) is 10.8. The Labute approximate surface area is 85.2 Å². The van der Waals surface area contributed by atoms with Gasteiger partial charge in [0.05, 0.1) is 0 Å². The summed E-state index contributed by atoms with van der Waals surface area (Å²) in [6.45, 7) is 8.50. The quantitative estimate of drug-likeness (QED) is 0.779. The number of nitrogens with two attached hydrogens (primary N) is 1. The molecule has 78 valence electrons. The van der Waals surface area contributed by atoms with Crippen LogP contribution < -0.4 is 10.6 Å². The second kappa shape index (κ2) is 4.91. The van der Waals surface area contributed by atoms with Gasteiger partial charge in [-0.1, -0.05) is 0 Å². The molecule has 0 saturated heterocycles. The molecule has 1 aromatic heterocycles. The molecular weight excluding hydrogens is 176 g/mol. The molecular formula is C10H18N4. The highest BCUT2D eigenvalue weighted by Crippen LogP contribution is 2.15. The number of aromatic nitrogens is 2. The first-order valence-corrected chi connectivity index (χ1v) is 5.00. The van der Waals surface area contributed by atoms with Crippen molar-refractivity contribution in [1.29, 1.82) is 0 Å². The van der Waals surface area contributed by atoms with Crippen molar-refractivity contribution in [2.45, 2.75) is 27.3 Å². The Morgan fingerprint density at radius 2 is 2.00 bits per heavy atom. The lowest BCUT2D eigenvalue weighted by Crippen LogP contribution is -2.25. The van der Waals surface area contributed by atoms with Crippen LogP contribution in [-0.2, 0) is 6.54 Å². The standard InChI is InChI=1S/C10H18N4/c1-4-14(5-2)10-9(6-11)7-12-8(3)13-10/h7H,4-6,11H2,1-3H3. The van der Waals surface area contributed by atoms with Gasteiger partial charge in [0.2, 0.25) is 0 Å². The fourth-order valence-electron chi connectivity index (χ4n) is 1.42. The van der Waals surface area contributed by atoms with E-state index < -0.39 is 0 Å². The average Bonchev–Trinajstić information content (AvgIpc) is 2.20. The molecule has 0 amide bonds. The maximum Gasteiger partial charge on any atom is 0.136 e. The molecule has 4 nitrogen and oxygen atoms in total. The third-order valence-electron chi connectivity index (χ3n) is 2.25. The minimum atomic E-state index is 0.492. The van der Waals surface area contributed by atoms with Gasteiger partial charge in [0, 0.05) is 31.4 Å². The van der Waals surface area contributed by atoms with Crippen molar-refractivity contribution in [1.82, 2.24) is 9.97 Å². The van der Waals surface area contributed by atoms with Crippen molar-refractivity contribution in [3.05, 3.63) is 17.6 Å². The van der Waals surface area contributed by atoms with Gasteiger partial charge in [-0.2, -0.15) is 0 Å². The minimum absolute atomic E-state index is 0.492. The molecule has 1 heterocycles. The van der Waals surface area contributed by atoms with Crippen molar-refractivity contribution in [2.24, 2.45) is 5.73 Å². The van der Waals surface area contributed by atoms with E-state index in [4.69, 9.17) is 5.73 Å². The summed E-state index contributed by atoms with van der Waals surface area (Å²) < 4.78 is 0. The van der Waals surface area contributed by atoms with Crippen molar-refractivity contribution >= 4 is 5.82 Å². The molecule has 0 bridgehead atoms. The monoisotopic (exact) mass is 194 g/mol. The molecule has 0 radical (unpaired) electrons. The number of hydrogen-bond donors (Lipinski definition) is 1. The first-order chi connectivity index (χ1) is 6.72. The van der Waals surface area contributed by atoms with Crippen LogP contribution in [0.5, 0.6) is 0 Å². The topological polar surface area (TPSA) is 55.0 Å². The molecule has 0 aliphatic carbocycles. The lowest BCUT2D eigenvalue weighted by Gasteiger charge is -2.22. The summed E-state index contributed by atoms with van der Waals surface area (Å²) in [5.41, 5.74) is 6.65. The average molecular weight is 194 g/mol. The summed E-state index contributed by atoms with van der Waals surface area (Å²) in [6.07, 6.45) is 1.82. The molecule has 1 aromatic rings. The van der Waals surface area contributed by atoms with Gasteiger partial charge >= 0.3 is 0 Å². The van der Waals surface area contributed by atoms with Crippen molar-refractivity contribution < 1.29 is 0 Å². The molecule has 0 aromatic carbocycles. The van der Waals surface area contributed by atoms with Crippen LogP contribution in [0.2, 0.25) is 0 Å². The highest BCUT2D eigenvalue weighted by Gasteiger charge is 2.09. The van der Waals surface area contributed by atoms with Crippen molar-refractivity contribution in [2.75, 3.05) is 18.0 Å². The molecule has 0 atom stereocenters. The Kier molecular flexibility index (Phi) is 3.83. The molecule has 0 spiro atoms. The molecule has 1 rings (SSSR count). The van der Waals surface area contributed by atoms with Crippen LogP contribution in [0.25, 0.3) is 0 Å². The third-order valence-corrected chi connectivity index (χ3v) is 2.25. The first kappa shape index (κ1) is 10.9. The third kappa shape index (κ3) is 2.20. The number of anilines is 1. The summed E-state index contributed by atoms with van der Waals surface area (Å²) >= 11 is 0. The van der Waals surface area contributed by atoms with Crippen LogP contribution in [0.3, 0.4) is 0 Å². The molecule has 0 aliphatic heterocycles. The van der Waals surface area contributed by atoms with Crippen molar-refractivity contribution in [3.8, 4) is 0 Å². The van der Waals surface area contributed by atoms with Crippen LogP contribution in [0.4, 0.5) is 5.82 Å². The highest BCUT2D eigenvalue weighted by molar-refractivity contribution is 5.45. The van der Waals surface area contributed by atoms with Gasteiger partial charge in [0.25, 0.3) is 0 Å². The second-order valence-electron chi connectivity index (χ2n) is 3.14. The Hall–Kier alpha value is -1.16. The van der Waals surface area contributed by atoms with E-state index in [0.29, 0.717) is 6.54 Å². The van der Waals surface area contributed by atoms with E-state index in [1.54, 1.807) is 0 Å². The van der Waals surface area contributed by atoms with E-state index in [2.05, 4.69) is 28.7 Å². The Balaban J connectivity index is 3.08. The zero-order valence-corrected chi connectivity index (χ0v) is 9.12. The van der Waals surface area contributed by atoms with Gasteiger partial charge < -0.3 is 10.6 Å². The zero-order chi connectivity index (χ0) is 10.6. The Morgan fingerprint density at radius 3 is 2.50 bits per heavy atom. The maximum absolute atomic E-state index is 5.64. The van der Waals surface area contributed by atoms with E-state index in [-0.39, 0.29) is 0 Å². The highest BCUT2D eigenvalue weighted by atomic mass is 15.2. The van der Waals surface area contributed by atoms with Gasteiger partial charge in [-0.15, -0.1) is 0 Å². The molecule has 0 aliphatic rings. The maximum atomic E-state index is 5.64. The SMILES string of the molecule is CCN(CC)c1nc(C)ncc1CN. The summed E-state index contributed by atoms with van der Waals surface area (Å²) in [5, 5.41) is 0. The van der Waals surface area contributed by atoms with Crippen LogP contribution in [0.15, 0.2) is 6.20 Å². The van der Waals surface area contributed by atoms with E-state index in [1.807, 2.05) is 13.1 Å². The lowest BCUT2D eigenvalue weighted by atomic mass is 10.3. The number of rotatable bonds is 4. The van der Waals surface area contributed by atoms with E-state index in [9.17, 15) is 0 Å². The normalized spacial score (nSPS) is 10.3. The first-order valence-electron chi connectivity index (χ1n) is 5.00. The molecule has 0 unspecified atom stereocenters. The predicted octanol–water partition coefficient (Wildman–Crippen LogP) is 1.09. The zero-order valence-electron chi connectivity index (χ0n) is 9.12. The fraction of sp³-hybridized carbons (Fsp3) is 0.600. The summed E-state index contributed by atoms with van der Waals surface area (Å²) in [6, 6.07) is 0. The lowest BCUT2D eigenvalue weighted by molar-refractivity contribution is 0.815. The Morgan fingerprint density at radius 1 is 1.36 bits per heavy atom. The fourth-order valence-corrected chi connectivity index (χ4v) is 1.42. The van der Waals surface area contributed by atoms with Crippen LogP contribution >= 0.6 is 0 Å².